The number of likely N-dealkylation sites (N-methyl/N-ethyl adjacent to an activating group) is 1. The van der Waals surface area contributed by atoms with Crippen LogP contribution in [0.1, 0.15) is 33.6 Å². The quantitative estimate of drug-likeness (QED) is 0.558. The molecular weight excluding hydrogens is 218 g/mol. The Kier molecular flexibility index (Phi) is 4.81. The average Bonchev–Trinajstić information content (AvgIpc) is 2.42. The van der Waals surface area contributed by atoms with Crippen molar-refractivity contribution in [2.75, 3.05) is 20.1 Å². The summed E-state index contributed by atoms with van der Waals surface area (Å²) in [6, 6.07) is 0. The lowest BCUT2D eigenvalue weighted by atomic mass is 9.99. The molecule has 0 aromatic heterocycles. The van der Waals surface area contributed by atoms with Gasteiger partial charge in [-0.05, 0) is 43.3 Å². The highest BCUT2D eigenvalue weighted by atomic mass is 16.6. The van der Waals surface area contributed by atoms with Crippen LogP contribution in [0.15, 0.2) is 16.4 Å². The van der Waals surface area contributed by atoms with Crippen LogP contribution in [0, 0.1) is 16.0 Å². The van der Waals surface area contributed by atoms with Crippen LogP contribution in [-0.2, 0) is 0 Å². The summed E-state index contributed by atoms with van der Waals surface area (Å²) in [5, 5.41) is 11.1. The van der Waals surface area contributed by atoms with Gasteiger partial charge in [0.1, 0.15) is 5.71 Å². The van der Waals surface area contributed by atoms with Crippen LogP contribution in [0.5, 0.6) is 0 Å². The van der Waals surface area contributed by atoms with E-state index in [9.17, 15) is 10.1 Å². The van der Waals surface area contributed by atoms with Gasteiger partial charge in [0.25, 0.3) is 0 Å². The molecule has 0 saturated heterocycles. The van der Waals surface area contributed by atoms with E-state index >= 15 is 0 Å². The molecule has 1 rings (SSSR count). The molecule has 5 nitrogen and oxygen atoms in total. The second-order valence-corrected chi connectivity index (χ2v) is 4.71. The van der Waals surface area contributed by atoms with Crippen molar-refractivity contribution in [3.05, 3.63) is 21.5 Å². The van der Waals surface area contributed by atoms with E-state index in [-0.39, 0.29) is 10.7 Å². The zero-order valence-corrected chi connectivity index (χ0v) is 11.1. The largest absolute Gasteiger partial charge is 0.363 e. The van der Waals surface area contributed by atoms with Gasteiger partial charge in [0.15, 0.2) is 0 Å². The maximum absolute atomic E-state index is 11.1. The van der Waals surface area contributed by atoms with Crippen molar-refractivity contribution in [1.29, 1.82) is 0 Å². The molecule has 0 aromatic carbocycles. The molecule has 0 bridgehead atoms. The minimum atomic E-state index is -0.347. The number of hydrogen-bond donors (Lipinski definition) is 0. The molecule has 0 saturated carbocycles. The van der Waals surface area contributed by atoms with E-state index in [2.05, 4.69) is 16.8 Å². The van der Waals surface area contributed by atoms with Crippen molar-refractivity contribution in [1.82, 2.24) is 4.90 Å². The predicted octanol–water partition coefficient (Wildman–Crippen LogP) is 2.32. The molecule has 1 atom stereocenters. The standard InChI is InChI=1S/C12H21N3O2/c1-5-14(4)8-11-7-6-9(2)10(3)13-12(11)15(16)17/h9H,5-8H2,1-4H3. The molecular formula is C12H21N3O2. The summed E-state index contributed by atoms with van der Waals surface area (Å²) >= 11 is 0. The van der Waals surface area contributed by atoms with Gasteiger partial charge in [-0.25, -0.2) is 0 Å². The van der Waals surface area contributed by atoms with Crippen LogP contribution in [-0.4, -0.2) is 35.7 Å². The maximum atomic E-state index is 11.1. The van der Waals surface area contributed by atoms with Gasteiger partial charge in [0.2, 0.25) is 0 Å². The Balaban J connectivity index is 3.02. The topological polar surface area (TPSA) is 58.7 Å². The Hall–Kier alpha value is -1.23. The van der Waals surface area contributed by atoms with Crippen LogP contribution in [0.4, 0.5) is 0 Å². The van der Waals surface area contributed by atoms with Crippen molar-refractivity contribution in [2.45, 2.75) is 33.6 Å². The van der Waals surface area contributed by atoms with Crippen molar-refractivity contribution in [2.24, 2.45) is 10.9 Å². The fourth-order valence-corrected chi connectivity index (χ4v) is 1.83. The van der Waals surface area contributed by atoms with Crippen LogP contribution >= 0.6 is 0 Å². The molecule has 0 aliphatic carbocycles. The van der Waals surface area contributed by atoms with Gasteiger partial charge >= 0.3 is 5.82 Å². The summed E-state index contributed by atoms with van der Waals surface area (Å²) in [5.74, 6) is 0.390. The minimum absolute atomic E-state index is 0.0622. The third-order valence-electron chi connectivity index (χ3n) is 3.36. The maximum Gasteiger partial charge on any atom is 0.363 e. The third-order valence-corrected chi connectivity index (χ3v) is 3.36. The summed E-state index contributed by atoms with van der Waals surface area (Å²) < 4.78 is 0. The number of hydrogen-bond acceptors (Lipinski definition) is 4. The molecule has 1 unspecified atom stereocenters. The first kappa shape index (κ1) is 13.8. The molecule has 0 spiro atoms. The van der Waals surface area contributed by atoms with Crippen molar-refractivity contribution in [3.8, 4) is 0 Å². The SMILES string of the molecule is CCN(C)CC1=C([N+](=O)[O-])N=C(C)C(C)CC1. The van der Waals surface area contributed by atoms with Crippen molar-refractivity contribution < 1.29 is 4.92 Å². The predicted molar refractivity (Wildman–Crippen MR) is 68.7 cm³/mol. The van der Waals surface area contributed by atoms with Gasteiger partial charge in [-0.3, -0.25) is 0 Å². The highest BCUT2D eigenvalue weighted by molar-refractivity contribution is 5.85. The van der Waals surface area contributed by atoms with Gasteiger partial charge in [0, 0.05) is 18.0 Å². The van der Waals surface area contributed by atoms with E-state index < -0.39 is 0 Å². The summed E-state index contributed by atoms with van der Waals surface area (Å²) in [7, 11) is 1.97. The first-order valence-electron chi connectivity index (χ1n) is 6.05. The van der Waals surface area contributed by atoms with E-state index in [4.69, 9.17) is 0 Å². The molecule has 0 amide bonds. The Morgan fingerprint density at radius 2 is 2.24 bits per heavy atom. The highest BCUT2D eigenvalue weighted by Gasteiger charge is 2.25. The van der Waals surface area contributed by atoms with E-state index in [0.29, 0.717) is 12.5 Å². The summed E-state index contributed by atoms with van der Waals surface area (Å²) in [6.45, 7) is 7.51. The molecule has 0 radical (unpaired) electrons. The third kappa shape index (κ3) is 3.63. The normalized spacial score (nSPS) is 21.5. The zero-order valence-electron chi connectivity index (χ0n) is 11.1. The van der Waals surface area contributed by atoms with E-state index in [1.807, 2.05) is 20.9 Å². The monoisotopic (exact) mass is 239 g/mol. The van der Waals surface area contributed by atoms with E-state index in [0.717, 1.165) is 30.7 Å². The lowest BCUT2D eigenvalue weighted by molar-refractivity contribution is -0.427. The van der Waals surface area contributed by atoms with Crippen LogP contribution in [0.2, 0.25) is 0 Å². The van der Waals surface area contributed by atoms with Gasteiger partial charge < -0.3 is 15.0 Å². The molecule has 1 heterocycles. The fraction of sp³-hybridized carbons (Fsp3) is 0.750. The summed E-state index contributed by atoms with van der Waals surface area (Å²) in [6.07, 6.45) is 1.71. The Morgan fingerprint density at radius 1 is 1.59 bits per heavy atom. The summed E-state index contributed by atoms with van der Waals surface area (Å²) in [5.41, 5.74) is 1.72. The van der Waals surface area contributed by atoms with Crippen LogP contribution in [0.3, 0.4) is 0 Å². The fourth-order valence-electron chi connectivity index (χ4n) is 1.83. The van der Waals surface area contributed by atoms with Crippen molar-refractivity contribution in [3.63, 3.8) is 0 Å². The number of aliphatic imine (C=N–C) groups is 1. The zero-order chi connectivity index (χ0) is 13.0. The molecule has 1 aliphatic heterocycles. The van der Waals surface area contributed by atoms with Crippen LogP contribution in [0.25, 0.3) is 0 Å². The number of rotatable bonds is 4. The van der Waals surface area contributed by atoms with Gasteiger partial charge in [-0.2, -0.15) is 0 Å². The summed E-state index contributed by atoms with van der Waals surface area (Å²) in [4.78, 5) is 17.0. The second kappa shape index (κ2) is 5.91. The van der Waals surface area contributed by atoms with Crippen molar-refractivity contribution >= 4 is 5.71 Å². The average molecular weight is 239 g/mol. The van der Waals surface area contributed by atoms with Crippen LogP contribution < -0.4 is 0 Å². The first-order chi connectivity index (χ1) is 7.95. The lowest BCUT2D eigenvalue weighted by Crippen LogP contribution is -2.22. The lowest BCUT2D eigenvalue weighted by Gasteiger charge is -2.15. The van der Waals surface area contributed by atoms with E-state index in [1.165, 1.54) is 0 Å². The van der Waals surface area contributed by atoms with E-state index in [1.54, 1.807) is 0 Å². The molecule has 1 aliphatic rings. The molecule has 0 aromatic rings. The smallest absolute Gasteiger partial charge is 0.358 e. The Labute approximate surface area is 102 Å². The van der Waals surface area contributed by atoms with Gasteiger partial charge in [-0.1, -0.05) is 13.8 Å². The Morgan fingerprint density at radius 3 is 2.76 bits per heavy atom. The number of nitro groups is 1. The minimum Gasteiger partial charge on any atom is -0.358 e. The van der Waals surface area contributed by atoms with Gasteiger partial charge in [-0.15, -0.1) is 0 Å². The molecule has 5 heteroatoms. The molecule has 96 valence electrons. The Bertz CT molecular complexity index is 361. The molecule has 0 fully saturated rings. The van der Waals surface area contributed by atoms with Gasteiger partial charge in [0.05, 0.1) is 0 Å². The second-order valence-electron chi connectivity index (χ2n) is 4.71. The molecule has 0 N–H and O–H groups in total. The first-order valence-corrected chi connectivity index (χ1v) is 6.05. The molecule has 17 heavy (non-hydrogen) atoms. The number of nitrogens with zero attached hydrogens (tertiary/aromatic N) is 3. The highest BCUT2D eigenvalue weighted by Crippen LogP contribution is 2.23.